The van der Waals surface area contributed by atoms with Crippen LogP contribution in [0.3, 0.4) is 0 Å². The Morgan fingerprint density at radius 1 is 1.65 bits per heavy atom. The van der Waals surface area contributed by atoms with Gasteiger partial charge in [-0.3, -0.25) is 9.79 Å². The first-order valence-corrected chi connectivity index (χ1v) is 7.32. The average molecular weight is 257 g/mol. The lowest BCUT2D eigenvalue weighted by Crippen LogP contribution is -2.41. The van der Waals surface area contributed by atoms with Crippen molar-refractivity contribution in [3.05, 3.63) is 0 Å². The van der Waals surface area contributed by atoms with Gasteiger partial charge in [0.05, 0.1) is 6.54 Å². The third kappa shape index (κ3) is 5.44. The second-order valence-electron chi connectivity index (χ2n) is 4.52. The molecule has 1 heterocycles. The van der Waals surface area contributed by atoms with Crippen molar-refractivity contribution in [1.29, 1.82) is 0 Å². The van der Waals surface area contributed by atoms with Gasteiger partial charge in [-0.25, -0.2) is 0 Å². The lowest BCUT2D eigenvalue weighted by atomic mass is 10.0. The summed E-state index contributed by atoms with van der Waals surface area (Å²) in [5.74, 6) is 1.83. The molecule has 4 nitrogen and oxygen atoms in total. The number of nitrogens with zero attached hydrogens (tertiary/aromatic N) is 1. The van der Waals surface area contributed by atoms with E-state index in [0.717, 1.165) is 10.9 Å². The molecule has 1 aliphatic rings. The summed E-state index contributed by atoms with van der Waals surface area (Å²) in [6.07, 6.45) is 1.67. The molecule has 0 spiro atoms. The maximum atomic E-state index is 11.2. The van der Waals surface area contributed by atoms with Crippen LogP contribution in [0.2, 0.25) is 0 Å². The smallest absolute Gasteiger partial charge is 0.221 e. The fraction of sp³-hybridized carbons (Fsp3) is 0.833. The molecule has 0 aromatic carbocycles. The summed E-state index contributed by atoms with van der Waals surface area (Å²) in [5, 5.41) is 7.21. The minimum absolute atomic E-state index is 0.0815. The number of thioether (sulfide) groups is 1. The van der Waals surface area contributed by atoms with Gasteiger partial charge in [-0.2, -0.15) is 0 Å². The van der Waals surface area contributed by atoms with Crippen LogP contribution in [0.15, 0.2) is 4.99 Å². The Bertz CT molecular complexity index is 279. The summed E-state index contributed by atoms with van der Waals surface area (Å²) in [6, 6.07) is 0.527. The third-order valence-corrected chi connectivity index (χ3v) is 3.71. The van der Waals surface area contributed by atoms with E-state index in [-0.39, 0.29) is 5.91 Å². The van der Waals surface area contributed by atoms with E-state index in [1.165, 1.54) is 6.42 Å². The molecule has 17 heavy (non-hydrogen) atoms. The summed E-state index contributed by atoms with van der Waals surface area (Å²) in [4.78, 5) is 15.7. The predicted octanol–water partition coefficient (Wildman–Crippen LogP) is 1.62. The van der Waals surface area contributed by atoms with Crippen LogP contribution in [0.25, 0.3) is 0 Å². The van der Waals surface area contributed by atoms with Gasteiger partial charge in [0.1, 0.15) is 0 Å². The van der Waals surface area contributed by atoms with Crippen LogP contribution in [0.1, 0.15) is 33.6 Å². The Hall–Kier alpha value is -0.710. The van der Waals surface area contributed by atoms with Crippen LogP contribution >= 0.6 is 11.8 Å². The van der Waals surface area contributed by atoms with E-state index < -0.39 is 0 Å². The zero-order valence-electron chi connectivity index (χ0n) is 11.0. The van der Waals surface area contributed by atoms with Crippen molar-refractivity contribution in [3.63, 3.8) is 0 Å². The number of amidine groups is 1. The molecule has 1 fully saturated rings. The predicted molar refractivity (Wildman–Crippen MR) is 74.4 cm³/mol. The van der Waals surface area contributed by atoms with E-state index in [9.17, 15) is 4.79 Å². The summed E-state index contributed by atoms with van der Waals surface area (Å²) in [6.45, 7) is 7.64. The molecular formula is C12H23N3OS. The summed E-state index contributed by atoms with van der Waals surface area (Å²) in [5.41, 5.74) is 0. The molecule has 1 saturated heterocycles. The van der Waals surface area contributed by atoms with Crippen LogP contribution in [-0.2, 0) is 4.79 Å². The lowest BCUT2D eigenvalue weighted by molar-refractivity contribution is -0.120. The van der Waals surface area contributed by atoms with Crippen molar-refractivity contribution in [2.24, 2.45) is 10.9 Å². The molecule has 1 amide bonds. The van der Waals surface area contributed by atoms with E-state index in [1.807, 2.05) is 6.92 Å². The fourth-order valence-corrected chi connectivity index (χ4v) is 2.67. The Labute approximate surface area is 108 Å². The van der Waals surface area contributed by atoms with Crippen molar-refractivity contribution in [2.45, 2.75) is 39.7 Å². The highest BCUT2D eigenvalue weighted by Crippen LogP contribution is 2.18. The fourth-order valence-electron chi connectivity index (χ4n) is 1.69. The van der Waals surface area contributed by atoms with Crippen LogP contribution in [0.5, 0.6) is 0 Å². The van der Waals surface area contributed by atoms with Gasteiger partial charge in [0.15, 0.2) is 5.17 Å². The second-order valence-corrected chi connectivity index (χ2v) is 5.61. The highest BCUT2D eigenvalue weighted by molar-refractivity contribution is 8.13. The van der Waals surface area contributed by atoms with Gasteiger partial charge < -0.3 is 10.6 Å². The highest BCUT2D eigenvalue weighted by atomic mass is 32.2. The van der Waals surface area contributed by atoms with Crippen LogP contribution in [0, 0.1) is 5.92 Å². The van der Waals surface area contributed by atoms with Gasteiger partial charge in [-0.1, -0.05) is 25.6 Å². The maximum absolute atomic E-state index is 11.2. The minimum Gasteiger partial charge on any atom is -0.362 e. The molecule has 1 aliphatic heterocycles. The molecule has 1 atom stereocenters. The van der Waals surface area contributed by atoms with Gasteiger partial charge in [0, 0.05) is 24.8 Å². The first-order valence-electron chi connectivity index (χ1n) is 6.34. The standard InChI is InChI=1S/C12H23N3OS/c1-4-13-11(16)5-7-14-12-15-10(9(2)3)6-8-17-12/h9-10H,4-8H2,1-3H3,(H,13,16)(H,14,15). The van der Waals surface area contributed by atoms with Gasteiger partial charge in [-0.05, 0) is 19.3 Å². The van der Waals surface area contributed by atoms with Crippen molar-refractivity contribution in [2.75, 3.05) is 18.8 Å². The van der Waals surface area contributed by atoms with E-state index in [1.54, 1.807) is 11.8 Å². The van der Waals surface area contributed by atoms with Gasteiger partial charge >= 0.3 is 0 Å². The van der Waals surface area contributed by atoms with Gasteiger partial charge in [0.2, 0.25) is 5.91 Å². The number of aliphatic imine (C=N–C) groups is 1. The quantitative estimate of drug-likeness (QED) is 0.787. The van der Waals surface area contributed by atoms with E-state index in [0.29, 0.717) is 31.5 Å². The zero-order chi connectivity index (χ0) is 12.7. The Balaban J connectivity index is 2.31. The monoisotopic (exact) mass is 257 g/mol. The number of rotatable bonds is 5. The minimum atomic E-state index is 0.0815. The topological polar surface area (TPSA) is 53.5 Å². The molecule has 1 unspecified atom stereocenters. The SMILES string of the molecule is CCNC(=O)CCN=C1NC(C(C)C)CCS1. The van der Waals surface area contributed by atoms with Gasteiger partial charge in [0.25, 0.3) is 0 Å². The molecule has 0 saturated carbocycles. The normalized spacial score (nSPS) is 22.6. The number of carbonyl (C=O) groups is 1. The molecule has 1 rings (SSSR count). The van der Waals surface area contributed by atoms with Crippen molar-refractivity contribution in [1.82, 2.24) is 10.6 Å². The lowest BCUT2D eigenvalue weighted by Gasteiger charge is -2.28. The van der Waals surface area contributed by atoms with Crippen LogP contribution in [0.4, 0.5) is 0 Å². The van der Waals surface area contributed by atoms with Gasteiger partial charge in [-0.15, -0.1) is 0 Å². The maximum Gasteiger partial charge on any atom is 0.221 e. The molecular weight excluding hydrogens is 234 g/mol. The molecule has 0 aliphatic carbocycles. The van der Waals surface area contributed by atoms with Crippen molar-refractivity contribution < 1.29 is 4.79 Å². The molecule has 5 heteroatoms. The number of carbonyl (C=O) groups excluding carboxylic acids is 1. The molecule has 0 aromatic heterocycles. The van der Waals surface area contributed by atoms with E-state index in [4.69, 9.17) is 0 Å². The van der Waals surface area contributed by atoms with E-state index >= 15 is 0 Å². The Morgan fingerprint density at radius 3 is 3.06 bits per heavy atom. The first-order chi connectivity index (χ1) is 8.13. The molecule has 0 aromatic rings. The van der Waals surface area contributed by atoms with Crippen LogP contribution in [-0.4, -0.2) is 36.0 Å². The Kier molecular flexibility index (Phi) is 6.40. The summed E-state index contributed by atoms with van der Waals surface area (Å²) in [7, 11) is 0. The van der Waals surface area contributed by atoms with Crippen LogP contribution < -0.4 is 10.6 Å². The third-order valence-electron chi connectivity index (χ3n) is 2.75. The number of hydrogen-bond acceptors (Lipinski definition) is 3. The summed E-state index contributed by atoms with van der Waals surface area (Å²) >= 11 is 1.76. The van der Waals surface area contributed by atoms with E-state index in [2.05, 4.69) is 29.5 Å². The van der Waals surface area contributed by atoms with Crippen molar-refractivity contribution >= 4 is 22.8 Å². The molecule has 0 radical (unpaired) electrons. The first kappa shape index (κ1) is 14.4. The number of nitrogens with one attached hydrogen (secondary N) is 2. The zero-order valence-corrected chi connectivity index (χ0v) is 11.8. The molecule has 0 bridgehead atoms. The molecule has 2 N–H and O–H groups in total. The number of hydrogen-bond donors (Lipinski definition) is 2. The molecule has 98 valence electrons. The Morgan fingerprint density at radius 2 is 2.41 bits per heavy atom. The second kappa shape index (κ2) is 7.58. The number of amides is 1. The average Bonchev–Trinajstić information content (AvgIpc) is 2.30. The summed E-state index contributed by atoms with van der Waals surface area (Å²) < 4.78 is 0. The largest absolute Gasteiger partial charge is 0.362 e. The van der Waals surface area contributed by atoms with Crippen molar-refractivity contribution in [3.8, 4) is 0 Å². The highest BCUT2D eigenvalue weighted by Gasteiger charge is 2.19.